The van der Waals surface area contributed by atoms with Gasteiger partial charge in [0.1, 0.15) is 16.3 Å². The first-order valence-corrected chi connectivity index (χ1v) is 9.10. The van der Waals surface area contributed by atoms with Crippen LogP contribution in [0.25, 0.3) is 0 Å². The third-order valence-electron chi connectivity index (χ3n) is 3.79. The first-order chi connectivity index (χ1) is 12.0. The van der Waals surface area contributed by atoms with Crippen LogP contribution < -0.4 is 5.32 Å². The van der Waals surface area contributed by atoms with E-state index < -0.39 is 21.5 Å². The summed E-state index contributed by atoms with van der Waals surface area (Å²) < 4.78 is 17.8. The minimum absolute atomic E-state index is 0.264. The summed E-state index contributed by atoms with van der Waals surface area (Å²) in [7, 11) is -1.67. The second kappa shape index (κ2) is 6.52. The summed E-state index contributed by atoms with van der Waals surface area (Å²) in [5, 5.41) is 3.21. The molecule has 0 atom stereocenters. The Hall–Kier alpha value is -2.93. The zero-order valence-corrected chi connectivity index (χ0v) is 14.5. The van der Waals surface area contributed by atoms with E-state index in [1.165, 1.54) is 11.9 Å². The molecule has 1 heterocycles. The highest BCUT2D eigenvalue weighted by Crippen LogP contribution is 2.40. The first kappa shape index (κ1) is 16.9. The van der Waals surface area contributed by atoms with Crippen LogP contribution in [-0.4, -0.2) is 34.5 Å². The van der Waals surface area contributed by atoms with E-state index in [1.807, 2.05) is 12.1 Å². The van der Waals surface area contributed by atoms with Crippen molar-refractivity contribution in [1.82, 2.24) is 4.90 Å². The zero-order chi connectivity index (χ0) is 18.0. The van der Waals surface area contributed by atoms with E-state index in [4.69, 9.17) is 0 Å². The van der Waals surface area contributed by atoms with Crippen LogP contribution >= 0.6 is 0 Å². The molecule has 0 aromatic heterocycles. The number of anilines is 2. The van der Waals surface area contributed by atoms with Gasteiger partial charge in [-0.15, -0.1) is 0 Å². The lowest BCUT2D eigenvalue weighted by Crippen LogP contribution is -2.30. The molecule has 0 aliphatic carbocycles. The molecule has 128 valence electrons. The molecule has 2 aromatic carbocycles. The van der Waals surface area contributed by atoms with Gasteiger partial charge in [-0.1, -0.05) is 30.8 Å². The lowest BCUT2D eigenvalue weighted by Gasteiger charge is -2.24. The standard InChI is InChI=1S/C18H17N3O3S/c1-3-18(23)21(2)12-17(22)20-25(24)15-10-6-4-8-13(15)19-14-9-5-7-11-16(14)25/h3-11,19H,1,12H2,2H3. The summed E-state index contributed by atoms with van der Waals surface area (Å²) in [4.78, 5) is 26.0. The normalized spacial score (nSPS) is 13.6. The van der Waals surface area contributed by atoms with Gasteiger partial charge < -0.3 is 10.2 Å². The molecule has 7 heteroatoms. The fourth-order valence-electron chi connectivity index (χ4n) is 2.59. The molecule has 0 spiro atoms. The topological polar surface area (TPSA) is 78.8 Å². The number of rotatable bonds is 3. The van der Waals surface area contributed by atoms with Gasteiger partial charge in [0.2, 0.25) is 5.91 Å². The summed E-state index contributed by atoms with van der Waals surface area (Å²) in [5.74, 6) is -1.03. The molecule has 0 bridgehead atoms. The quantitative estimate of drug-likeness (QED) is 0.733. The van der Waals surface area contributed by atoms with Gasteiger partial charge >= 0.3 is 0 Å². The minimum atomic E-state index is -3.14. The highest BCUT2D eigenvalue weighted by atomic mass is 32.2. The maximum absolute atomic E-state index is 13.7. The molecule has 0 saturated carbocycles. The van der Waals surface area contributed by atoms with E-state index in [9.17, 15) is 13.8 Å². The van der Waals surface area contributed by atoms with Crippen molar-refractivity contribution in [1.29, 1.82) is 0 Å². The molecule has 0 fully saturated rings. The van der Waals surface area contributed by atoms with Crippen LogP contribution in [0.3, 0.4) is 0 Å². The number of para-hydroxylation sites is 2. The summed E-state index contributed by atoms with van der Waals surface area (Å²) in [6.45, 7) is 3.12. The van der Waals surface area contributed by atoms with Crippen molar-refractivity contribution in [2.45, 2.75) is 9.79 Å². The van der Waals surface area contributed by atoms with Crippen molar-refractivity contribution in [3.63, 3.8) is 0 Å². The minimum Gasteiger partial charge on any atom is -0.353 e. The van der Waals surface area contributed by atoms with Gasteiger partial charge in [0, 0.05) is 7.05 Å². The SMILES string of the molecule is C=CC(=O)N(C)CC(=O)N=S1(=O)c2ccccc2Nc2ccccc21. The molecule has 0 unspecified atom stereocenters. The van der Waals surface area contributed by atoms with Crippen LogP contribution in [-0.2, 0) is 19.3 Å². The van der Waals surface area contributed by atoms with Crippen LogP contribution in [0.5, 0.6) is 0 Å². The van der Waals surface area contributed by atoms with Gasteiger partial charge in [-0.2, -0.15) is 4.36 Å². The van der Waals surface area contributed by atoms with E-state index in [0.717, 1.165) is 6.08 Å². The van der Waals surface area contributed by atoms with E-state index in [2.05, 4.69) is 16.3 Å². The van der Waals surface area contributed by atoms with Crippen molar-refractivity contribution in [3.8, 4) is 0 Å². The van der Waals surface area contributed by atoms with Crippen molar-refractivity contribution in [2.24, 2.45) is 4.36 Å². The van der Waals surface area contributed by atoms with Gasteiger partial charge in [0.25, 0.3) is 5.91 Å². The van der Waals surface area contributed by atoms with Crippen molar-refractivity contribution in [3.05, 3.63) is 61.2 Å². The number of amides is 2. The van der Waals surface area contributed by atoms with Crippen LogP contribution in [0.15, 0.2) is 75.3 Å². The number of nitrogens with one attached hydrogen (secondary N) is 1. The van der Waals surface area contributed by atoms with Gasteiger partial charge in [-0.3, -0.25) is 9.59 Å². The number of nitrogens with zero attached hydrogens (tertiary/aromatic N) is 2. The van der Waals surface area contributed by atoms with Gasteiger partial charge in [0.05, 0.1) is 21.2 Å². The molecule has 0 saturated heterocycles. The molecular formula is C18H17N3O3S. The van der Waals surface area contributed by atoms with Crippen LogP contribution in [0.4, 0.5) is 11.4 Å². The van der Waals surface area contributed by atoms with Crippen molar-refractivity contribution in [2.75, 3.05) is 18.9 Å². The van der Waals surface area contributed by atoms with E-state index in [1.54, 1.807) is 36.4 Å². The third-order valence-corrected chi connectivity index (χ3v) is 6.16. The molecule has 6 nitrogen and oxygen atoms in total. The Balaban J connectivity index is 2.11. The van der Waals surface area contributed by atoms with Crippen LogP contribution in [0.2, 0.25) is 0 Å². The van der Waals surface area contributed by atoms with Gasteiger partial charge in [-0.05, 0) is 30.3 Å². The number of hydrogen-bond acceptors (Lipinski definition) is 4. The lowest BCUT2D eigenvalue weighted by atomic mass is 10.2. The average Bonchev–Trinajstić information content (AvgIpc) is 2.61. The maximum Gasteiger partial charge on any atom is 0.273 e. The second-order valence-corrected chi connectivity index (χ2v) is 7.64. The highest BCUT2D eigenvalue weighted by Gasteiger charge is 2.28. The number of carbonyl (C=O) groups is 2. The zero-order valence-electron chi connectivity index (χ0n) is 13.6. The Labute approximate surface area is 146 Å². The van der Waals surface area contributed by atoms with Gasteiger partial charge in [0.15, 0.2) is 0 Å². The van der Waals surface area contributed by atoms with E-state index >= 15 is 0 Å². The molecule has 2 amide bonds. The molecule has 25 heavy (non-hydrogen) atoms. The predicted octanol–water partition coefficient (Wildman–Crippen LogP) is 2.80. The fraction of sp³-hybridized carbons (Fsp3) is 0.111. The van der Waals surface area contributed by atoms with Crippen LogP contribution in [0.1, 0.15) is 0 Å². The molecule has 0 radical (unpaired) electrons. The van der Waals surface area contributed by atoms with Crippen molar-refractivity contribution >= 4 is 32.9 Å². The maximum atomic E-state index is 13.7. The Bertz CT molecular complexity index is 939. The molecule has 3 rings (SSSR count). The van der Waals surface area contributed by atoms with E-state index in [0.29, 0.717) is 21.2 Å². The number of fused-ring (bicyclic) bond motifs is 2. The largest absolute Gasteiger partial charge is 0.353 e. The smallest absolute Gasteiger partial charge is 0.273 e. The summed E-state index contributed by atoms with van der Waals surface area (Å²) in [6.07, 6.45) is 1.11. The number of hydrogen-bond donors (Lipinski definition) is 1. The summed E-state index contributed by atoms with van der Waals surface area (Å²) in [5.41, 5.74) is 1.30. The number of benzene rings is 2. The number of carbonyl (C=O) groups excluding carboxylic acids is 2. The molecule has 1 aliphatic rings. The Morgan fingerprint density at radius 3 is 2.16 bits per heavy atom. The third kappa shape index (κ3) is 3.06. The Morgan fingerprint density at radius 2 is 1.64 bits per heavy atom. The van der Waals surface area contributed by atoms with Crippen molar-refractivity contribution < 1.29 is 13.8 Å². The Morgan fingerprint density at radius 1 is 1.12 bits per heavy atom. The average molecular weight is 355 g/mol. The van der Waals surface area contributed by atoms with E-state index in [-0.39, 0.29) is 6.54 Å². The van der Waals surface area contributed by atoms with Gasteiger partial charge in [-0.25, -0.2) is 4.21 Å². The molecule has 2 aromatic rings. The second-order valence-electron chi connectivity index (χ2n) is 5.53. The molecule has 1 aliphatic heterocycles. The monoisotopic (exact) mass is 355 g/mol. The highest BCUT2D eigenvalue weighted by molar-refractivity contribution is 7.94. The fourth-order valence-corrected chi connectivity index (χ4v) is 4.73. The lowest BCUT2D eigenvalue weighted by molar-refractivity contribution is -0.129. The Kier molecular flexibility index (Phi) is 4.41. The first-order valence-electron chi connectivity index (χ1n) is 7.58. The van der Waals surface area contributed by atoms with Crippen LogP contribution in [0, 0.1) is 0 Å². The molecular weight excluding hydrogens is 338 g/mol. The summed E-state index contributed by atoms with van der Waals surface area (Å²) >= 11 is 0. The predicted molar refractivity (Wildman–Crippen MR) is 96.1 cm³/mol. The summed E-state index contributed by atoms with van der Waals surface area (Å²) in [6, 6.07) is 14.1. The molecule has 1 N–H and O–H groups in total. The number of likely N-dealkylation sites (N-methyl/N-ethyl adjacent to an activating group) is 1.